The average Bonchev–Trinajstić information content (AvgIpc) is 3.08. The molecule has 1 aromatic carbocycles. The number of para-hydroxylation sites is 1. The van der Waals surface area contributed by atoms with E-state index in [0.29, 0.717) is 11.1 Å². The van der Waals surface area contributed by atoms with Crippen LogP contribution in [0.2, 0.25) is 0 Å². The highest BCUT2D eigenvalue weighted by molar-refractivity contribution is 6.13. The van der Waals surface area contributed by atoms with Crippen LogP contribution in [0, 0.1) is 0 Å². The lowest BCUT2D eigenvalue weighted by molar-refractivity contribution is 0.0642. The van der Waals surface area contributed by atoms with Gasteiger partial charge in [-0.3, -0.25) is 14.4 Å². The van der Waals surface area contributed by atoms with Crippen molar-refractivity contribution < 1.29 is 9.59 Å². The van der Waals surface area contributed by atoms with E-state index in [-0.39, 0.29) is 29.2 Å². The van der Waals surface area contributed by atoms with Crippen LogP contribution >= 0.6 is 0 Å². The lowest BCUT2D eigenvalue weighted by atomic mass is 10.1. The van der Waals surface area contributed by atoms with Gasteiger partial charge >= 0.3 is 0 Å². The number of rotatable bonds is 5. The summed E-state index contributed by atoms with van der Waals surface area (Å²) < 4.78 is 1.32. The van der Waals surface area contributed by atoms with Crippen LogP contribution < -0.4 is 10.9 Å². The van der Waals surface area contributed by atoms with Gasteiger partial charge in [-0.15, -0.1) is 0 Å². The summed E-state index contributed by atoms with van der Waals surface area (Å²) in [5, 5.41) is 3.44. The smallest absolute Gasteiger partial charge is 0.274 e. The van der Waals surface area contributed by atoms with Crippen molar-refractivity contribution in [3.63, 3.8) is 0 Å². The molecule has 3 rings (SSSR count). The number of amides is 2. The van der Waals surface area contributed by atoms with Gasteiger partial charge in [-0.05, 0) is 39.8 Å². The van der Waals surface area contributed by atoms with Crippen molar-refractivity contribution in [2.24, 2.45) is 7.05 Å². The lowest BCUT2D eigenvalue weighted by Gasteiger charge is -2.31. The minimum absolute atomic E-state index is 0.00370. The predicted octanol–water partition coefficient (Wildman–Crippen LogP) is 3.38. The SMILES string of the molecule is CC(C)N(C(=O)c1cc(NC(=O)c2c[nH]c3ccccc23)c(=O)n(C)c1)C(C)C. The quantitative estimate of drug-likeness (QED) is 0.695. The predicted molar refractivity (Wildman–Crippen MR) is 114 cm³/mol. The fraction of sp³-hybridized carbons (Fsp3) is 0.318. The Balaban J connectivity index is 1.97. The Labute approximate surface area is 169 Å². The van der Waals surface area contributed by atoms with Crippen LogP contribution in [0.5, 0.6) is 0 Å². The Morgan fingerprint density at radius 2 is 1.76 bits per heavy atom. The first kappa shape index (κ1) is 20.4. The number of aromatic amines is 1. The van der Waals surface area contributed by atoms with Gasteiger partial charge in [0, 0.05) is 42.4 Å². The number of benzene rings is 1. The van der Waals surface area contributed by atoms with Crippen molar-refractivity contribution >= 4 is 28.4 Å². The molecule has 0 saturated heterocycles. The second kappa shape index (κ2) is 7.95. The van der Waals surface area contributed by atoms with Gasteiger partial charge in [0.1, 0.15) is 5.69 Å². The van der Waals surface area contributed by atoms with Gasteiger partial charge in [-0.1, -0.05) is 18.2 Å². The van der Waals surface area contributed by atoms with Gasteiger partial charge in [0.05, 0.1) is 11.1 Å². The zero-order valence-electron chi connectivity index (χ0n) is 17.3. The van der Waals surface area contributed by atoms with Crippen molar-refractivity contribution in [2.45, 2.75) is 39.8 Å². The van der Waals surface area contributed by atoms with Crippen molar-refractivity contribution in [2.75, 3.05) is 5.32 Å². The average molecular weight is 394 g/mol. The number of carbonyl (C=O) groups excluding carboxylic acids is 2. The molecule has 2 heterocycles. The van der Waals surface area contributed by atoms with Crippen LogP contribution in [0.1, 0.15) is 48.4 Å². The van der Waals surface area contributed by atoms with Crippen LogP contribution in [-0.4, -0.2) is 38.3 Å². The van der Waals surface area contributed by atoms with E-state index in [9.17, 15) is 14.4 Å². The van der Waals surface area contributed by atoms with Crippen molar-refractivity contribution in [1.29, 1.82) is 0 Å². The summed E-state index contributed by atoms with van der Waals surface area (Å²) >= 11 is 0. The molecule has 0 fully saturated rings. The van der Waals surface area contributed by atoms with E-state index in [1.807, 2.05) is 52.0 Å². The van der Waals surface area contributed by atoms with E-state index in [1.54, 1.807) is 18.1 Å². The normalized spacial score (nSPS) is 11.3. The number of nitrogens with zero attached hydrogens (tertiary/aromatic N) is 2. The number of H-pyrrole nitrogens is 1. The molecule has 0 atom stereocenters. The van der Waals surface area contributed by atoms with E-state index in [0.717, 1.165) is 10.9 Å². The van der Waals surface area contributed by atoms with Crippen LogP contribution in [0.3, 0.4) is 0 Å². The summed E-state index contributed by atoms with van der Waals surface area (Å²) in [4.78, 5) is 43.2. The fourth-order valence-electron chi connectivity index (χ4n) is 3.58. The summed E-state index contributed by atoms with van der Waals surface area (Å²) in [5.41, 5.74) is 1.31. The van der Waals surface area contributed by atoms with Crippen molar-refractivity contribution in [3.05, 3.63) is 64.2 Å². The fourth-order valence-corrected chi connectivity index (χ4v) is 3.58. The van der Waals surface area contributed by atoms with Crippen LogP contribution in [0.25, 0.3) is 10.9 Å². The topological polar surface area (TPSA) is 87.2 Å². The van der Waals surface area contributed by atoms with E-state index in [2.05, 4.69) is 10.3 Å². The number of pyridine rings is 1. The number of aromatic nitrogens is 2. The molecular weight excluding hydrogens is 368 g/mol. The molecule has 7 nitrogen and oxygen atoms in total. The molecule has 0 aliphatic rings. The number of aryl methyl sites for hydroxylation is 1. The van der Waals surface area contributed by atoms with E-state index < -0.39 is 5.91 Å². The first-order chi connectivity index (χ1) is 13.7. The summed E-state index contributed by atoms with van der Waals surface area (Å²) in [5.74, 6) is -0.595. The minimum Gasteiger partial charge on any atom is -0.360 e. The van der Waals surface area contributed by atoms with Gasteiger partial charge in [0.15, 0.2) is 0 Å². The third-order valence-electron chi connectivity index (χ3n) is 4.86. The first-order valence-electron chi connectivity index (χ1n) is 9.61. The standard InChI is InChI=1S/C22H26N4O3/c1-13(2)26(14(3)4)21(28)15-10-19(22(29)25(5)12-15)24-20(27)17-11-23-18-9-7-6-8-16(17)18/h6-14,23H,1-5H3,(H,24,27). The number of hydrogen-bond donors (Lipinski definition) is 2. The Hall–Kier alpha value is -3.35. The van der Waals surface area contributed by atoms with Crippen molar-refractivity contribution in [1.82, 2.24) is 14.5 Å². The molecule has 152 valence electrons. The zero-order valence-corrected chi connectivity index (χ0v) is 17.3. The molecule has 0 radical (unpaired) electrons. The second-order valence-electron chi connectivity index (χ2n) is 7.66. The molecule has 0 bridgehead atoms. The van der Waals surface area contributed by atoms with Crippen LogP contribution in [0.4, 0.5) is 5.69 Å². The van der Waals surface area contributed by atoms with E-state index in [4.69, 9.17) is 0 Å². The lowest BCUT2D eigenvalue weighted by Crippen LogP contribution is -2.42. The minimum atomic E-state index is -0.409. The van der Waals surface area contributed by atoms with E-state index in [1.165, 1.54) is 16.8 Å². The number of anilines is 1. The number of hydrogen-bond acceptors (Lipinski definition) is 3. The molecular formula is C22H26N4O3. The highest BCUT2D eigenvalue weighted by Crippen LogP contribution is 2.19. The Morgan fingerprint density at radius 1 is 1.10 bits per heavy atom. The number of carbonyl (C=O) groups is 2. The summed E-state index contributed by atoms with van der Waals surface area (Å²) in [6.45, 7) is 7.78. The summed E-state index contributed by atoms with van der Waals surface area (Å²) in [6.07, 6.45) is 3.11. The Kier molecular flexibility index (Phi) is 5.59. The largest absolute Gasteiger partial charge is 0.360 e. The monoisotopic (exact) mass is 394 g/mol. The zero-order chi connectivity index (χ0) is 21.3. The molecule has 0 aliphatic heterocycles. The van der Waals surface area contributed by atoms with Gasteiger partial charge in [-0.2, -0.15) is 0 Å². The number of nitrogens with one attached hydrogen (secondary N) is 2. The summed E-state index contributed by atoms with van der Waals surface area (Å²) in [7, 11) is 1.57. The van der Waals surface area contributed by atoms with Gasteiger partial charge in [0.25, 0.3) is 17.4 Å². The first-order valence-corrected chi connectivity index (χ1v) is 9.61. The van der Waals surface area contributed by atoms with Crippen LogP contribution in [0.15, 0.2) is 47.5 Å². The second-order valence-corrected chi connectivity index (χ2v) is 7.66. The molecule has 2 N–H and O–H groups in total. The molecule has 0 unspecified atom stereocenters. The van der Waals surface area contributed by atoms with Crippen molar-refractivity contribution in [3.8, 4) is 0 Å². The van der Waals surface area contributed by atoms with Gasteiger partial charge in [-0.25, -0.2) is 0 Å². The highest BCUT2D eigenvalue weighted by atomic mass is 16.2. The molecule has 2 amide bonds. The van der Waals surface area contributed by atoms with Gasteiger partial charge < -0.3 is 19.8 Å². The molecule has 29 heavy (non-hydrogen) atoms. The molecule has 3 aromatic rings. The Morgan fingerprint density at radius 3 is 2.41 bits per heavy atom. The molecule has 2 aromatic heterocycles. The maximum absolute atomic E-state index is 13.0. The molecule has 7 heteroatoms. The highest BCUT2D eigenvalue weighted by Gasteiger charge is 2.23. The van der Waals surface area contributed by atoms with Gasteiger partial charge in [0.2, 0.25) is 0 Å². The maximum Gasteiger partial charge on any atom is 0.274 e. The Bertz CT molecular complexity index is 1120. The molecule has 0 aliphatic carbocycles. The van der Waals surface area contributed by atoms with E-state index >= 15 is 0 Å². The third kappa shape index (κ3) is 3.94. The molecule has 0 spiro atoms. The molecule has 0 saturated carbocycles. The third-order valence-corrected chi connectivity index (χ3v) is 4.86. The number of fused-ring (bicyclic) bond motifs is 1. The maximum atomic E-state index is 13.0. The van der Waals surface area contributed by atoms with Crippen LogP contribution in [-0.2, 0) is 7.05 Å². The summed E-state index contributed by atoms with van der Waals surface area (Å²) in [6, 6.07) is 8.89.